The number of aromatic nitrogens is 1. The number of aromatic amines is 1. The molecule has 1 amide bonds. The molecule has 0 saturated heterocycles. The number of para-hydroxylation sites is 1. The lowest BCUT2D eigenvalue weighted by atomic mass is 9.92. The van der Waals surface area contributed by atoms with Crippen molar-refractivity contribution in [1.29, 1.82) is 0 Å². The van der Waals surface area contributed by atoms with Gasteiger partial charge in [-0.05, 0) is 66.8 Å². The number of hydrogen-bond acceptors (Lipinski definition) is 1. The molecule has 0 radical (unpaired) electrons. The summed E-state index contributed by atoms with van der Waals surface area (Å²) >= 11 is 12.4. The van der Waals surface area contributed by atoms with Gasteiger partial charge in [0.1, 0.15) is 0 Å². The predicted molar refractivity (Wildman–Crippen MR) is 123 cm³/mol. The Morgan fingerprint density at radius 1 is 1.10 bits per heavy atom. The van der Waals surface area contributed by atoms with Gasteiger partial charge >= 0.3 is 0 Å². The molecular formula is C25H24Cl2N2O. The van der Waals surface area contributed by atoms with Crippen LogP contribution in [0.2, 0.25) is 10.0 Å². The quantitative estimate of drug-likeness (QED) is 0.445. The van der Waals surface area contributed by atoms with E-state index in [1.165, 1.54) is 23.8 Å². The second-order valence-electron chi connectivity index (χ2n) is 8.53. The van der Waals surface area contributed by atoms with E-state index in [-0.39, 0.29) is 5.91 Å². The van der Waals surface area contributed by atoms with E-state index in [0.29, 0.717) is 39.9 Å². The van der Waals surface area contributed by atoms with Crippen LogP contribution >= 0.6 is 23.2 Å². The minimum atomic E-state index is -0.0109. The molecule has 3 nitrogen and oxygen atoms in total. The minimum Gasteiger partial charge on any atom is -0.361 e. The summed E-state index contributed by atoms with van der Waals surface area (Å²) in [5.74, 6) is 1.80. The molecule has 2 aromatic carbocycles. The lowest BCUT2D eigenvalue weighted by molar-refractivity contribution is 0.0721. The monoisotopic (exact) mass is 438 g/mol. The van der Waals surface area contributed by atoms with Crippen LogP contribution in [0.3, 0.4) is 0 Å². The zero-order chi connectivity index (χ0) is 20.7. The molecule has 2 aliphatic rings. The number of nitrogens with zero attached hydrogens (tertiary/aromatic N) is 1. The molecule has 1 aromatic heterocycles. The number of rotatable bonds is 6. The fourth-order valence-corrected chi connectivity index (χ4v) is 5.58. The Morgan fingerprint density at radius 3 is 2.73 bits per heavy atom. The summed E-state index contributed by atoms with van der Waals surface area (Å²) in [5, 5.41) is 2.18. The van der Waals surface area contributed by atoms with Gasteiger partial charge in [0.05, 0.1) is 10.6 Å². The molecule has 3 aromatic rings. The van der Waals surface area contributed by atoms with Crippen LogP contribution in [-0.4, -0.2) is 28.9 Å². The Hall–Kier alpha value is -2.23. The number of carbonyl (C=O) groups excluding carboxylic acids is 1. The number of allylic oxidation sites excluding steroid dienone is 2. The Bertz CT molecular complexity index is 1120. The third kappa shape index (κ3) is 3.77. The van der Waals surface area contributed by atoms with Crippen molar-refractivity contribution < 1.29 is 4.79 Å². The van der Waals surface area contributed by atoms with Crippen molar-refractivity contribution in [3.05, 3.63) is 82.0 Å². The lowest BCUT2D eigenvalue weighted by Crippen LogP contribution is -2.38. The van der Waals surface area contributed by atoms with Crippen LogP contribution in [0, 0.1) is 17.8 Å². The molecule has 3 unspecified atom stereocenters. The van der Waals surface area contributed by atoms with E-state index in [1.54, 1.807) is 18.2 Å². The molecule has 3 atom stereocenters. The van der Waals surface area contributed by atoms with Gasteiger partial charge in [-0.2, -0.15) is 0 Å². The van der Waals surface area contributed by atoms with Gasteiger partial charge in [-0.25, -0.2) is 0 Å². The van der Waals surface area contributed by atoms with Crippen LogP contribution in [-0.2, 0) is 6.42 Å². The molecule has 5 heteroatoms. The number of hydrogen-bond donors (Lipinski definition) is 1. The molecule has 1 fully saturated rings. The summed E-state index contributed by atoms with van der Waals surface area (Å²) in [4.78, 5) is 18.8. The van der Waals surface area contributed by atoms with Gasteiger partial charge in [0.15, 0.2) is 0 Å². The van der Waals surface area contributed by atoms with Crippen molar-refractivity contribution in [2.45, 2.75) is 19.3 Å². The zero-order valence-electron chi connectivity index (χ0n) is 16.7. The average molecular weight is 439 g/mol. The average Bonchev–Trinajstić information content (AvgIpc) is 3.46. The van der Waals surface area contributed by atoms with Gasteiger partial charge in [-0.1, -0.05) is 53.6 Å². The van der Waals surface area contributed by atoms with Crippen LogP contribution in [0.25, 0.3) is 10.9 Å². The van der Waals surface area contributed by atoms with Crippen LogP contribution in [0.4, 0.5) is 0 Å². The highest BCUT2D eigenvalue weighted by Gasteiger charge is 2.37. The standard InChI is InChI=1S/C25H24Cl2N2O/c26-20-7-8-22(23(27)13-20)25(30)29(15-19-12-16-5-6-17(19)11-16)10-9-18-14-28-24-4-2-1-3-21(18)24/h1-8,13-14,16-17,19,28H,9-12,15H2. The zero-order valence-corrected chi connectivity index (χ0v) is 18.2. The Labute approximate surface area is 186 Å². The van der Waals surface area contributed by atoms with Crippen molar-refractivity contribution >= 4 is 40.0 Å². The first-order valence-electron chi connectivity index (χ1n) is 10.6. The number of carbonyl (C=O) groups is 1. The van der Waals surface area contributed by atoms with Crippen molar-refractivity contribution in [2.24, 2.45) is 17.8 Å². The molecule has 1 saturated carbocycles. The maximum atomic E-state index is 13.5. The van der Waals surface area contributed by atoms with E-state index in [4.69, 9.17) is 23.2 Å². The molecule has 1 N–H and O–H groups in total. The van der Waals surface area contributed by atoms with Crippen LogP contribution in [0.1, 0.15) is 28.8 Å². The van der Waals surface area contributed by atoms with E-state index >= 15 is 0 Å². The summed E-state index contributed by atoms with van der Waals surface area (Å²) in [6.45, 7) is 1.43. The summed E-state index contributed by atoms with van der Waals surface area (Å²) in [6, 6.07) is 13.4. The normalized spacial score (nSPS) is 22.1. The first-order valence-corrected chi connectivity index (χ1v) is 11.3. The maximum absolute atomic E-state index is 13.5. The fourth-order valence-electron chi connectivity index (χ4n) is 5.09. The predicted octanol–water partition coefficient (Wildman–Crippen LogP) is 6.37. The Morgan fingerprint density at radius 2 is 1.97 bits per heavy atom. The van der Waals surface area contributed by atoms with Crippen molar-refractivity contribution in [2.75, 3.05) is 13.1 Å². The van der Waals surface area contributed by atoms with Gasteiger partial charge in [0.25, 0.3) is 5.91 Å². The first kappa shape index (κ1) is 19.7. The molecule has 5 rings (SSSR count). The molecule has 1 heterocycles. The van der Waals surface area contributed by atoms with Crippen molar-refractivity contribution in [3.8, 4) is 0 Å². The van der Waals surface area contributed by atoms with E-state index < -0.39 is 0 Å². The molecule has 0 aliphatic heterocycles. The third-order valence-corrected chi connectivity index (χ3v) is 7.19. The van der Waals surface area contributed by atoms with E-state index in [9.17, 15) is 4.79 Å². The first-order chi connectivity index (χ1) is 14.6. The highest BCUT2D eigenvalue weighted by Crippen LogP contribution is 2.43. The van der Waals surface area contributed by atoms with Gasteiger partial charge < -0.3 is 9.88 Å². The van der Waals surface area contributed by atoms with Gasteiger partial charge in [0.2, 0.25) is 0 Å². The summed E-state index contributed by atoms with van der Waals surface area (Å²) < 4.78 is 0. The molecule has 2 bridgehead atoms. The summed E-state index contributed by atoms with van der Waals surface area (Å²) in [7, 11) is 0. The number of fused-ring (bicyclic) bond motifs is 3. The smallest absolute Gasteiger partial charge is 0.255 e. The third-order valence-electron chi connectivity index (χ3n) is 6.65. The van der Waals surface area contributed by atoms with Crippen LogP contribution in [0.15, 0.2) is 60.8 Å². The van der Waals surface area contributed by atoms with E-state index in [0.717, 1.165) is 18.5 Å². The number of halogens is 2. The van der Waals surface area contributed by atoms with Crippen molar-refractivity contribution in [1.82, 2.24) is 9.88 Å². The summed E-state index contributed by atoms with van der Waals surface area (Å²) in [5.41, 5.74) is 2.89. The lowest BCUT2D eigenvalue weighted by Gasteiger charge is -2.29. The molecule has 0 spiro atoms. The molecule has 2 aliphatic carbocycles. The highest BCUT2D eigenvalue weighted by atomic mass is 35.5. The number of nitrogens with one attached hydrogen (secondary N) is 1. The molecule has 30 heavy (non-hydrogen) atoms. The van der Waals surface area contributed by atoms with Crippen molar-refractivity contribution in [3.63, 3.8) is 0 Å². The van der Waals surface area contributed by atoms with E-state index in [2.05, 4.69) is 41.5 Å². The maximum Gasteiger partial charge on any atom is 0.255 e. The second kappa shape index (κ2) is 8.13. The van der Waals surface area contributed by atoms with E-state index in [1.807, 2.05) is 11.0 Å². The van der Waals surface area contributed by atoms with Crippen LogP contribution in [0.5, 0.6) is 0 Å². The second-order valence-corrected chi connectivity index (χ2v) is 9.37. The summed E-state index contributed by atoms with van der Waals surface area (Å²) in [6.07, 6.45) is 9.95. The van der Waals surface area contributed by atoms with Gasteiger partial charge in [-0.3, -0.25) is 4.79 Å². The van der Waals surface area contributed by atoms with Gasteiger partial charge in [0, 0.05) is 35.2 Å². The number of benzene rings is 2. The fraction of sp³-hybridized carbons (Fsp3) is 0.320. The Kier molecular flexibility index (Phi) is 5.34. The molecular weight excluding hydrogens is 415 g/mol. The number of H-pyrrole nitrogens is 1. The minimum absolute atomic E-state index is 0.0109. The largest absolute Gasteiger partial charge is 0.361 e. The SMILES string of the molecule is O=C(c1ccc(Cl)cc1Cl)N(CCc1c[nH]c2ccccc12)CC1CC2C=CC1C2. The molecule has 154 valence electrons. The highest BCUT2D eigenvalue weighted by molar-refractivity contribution is 6.36. The number of amides is 1. The van der Waals surface area contributed by atoms with Crippen LogP contribution < -0.4 is 0 Å². The Balaban J connectivity index is 1.38. The van der Waals surface area contributed by atoms with Gasteiger partial charge in [-0.15, -0.1) is 0 Å². The topological polar surface area (TPSA) is 36.1 Å².